The van der Waals surface area contributed by atoms with Crippen LogP contribution in [-0.4, -0.2) is 23.1 Å². The van der Waals surface area contributed by atoms with Gasteiger partial charge in [0.25, 0.3) is 0 Å². The number of benzene rings is 1. The molecule has 2 aromatic rings. The predicted molar refractivity (Wildman–Crippen MR) is 81.8 cm³/mol. The zero-order chi connectivity index (χ0) is 13.9. The monoisotopic (exact) mass is 267 g/mol. The molecule has 0 spiro atoms. The third kappa shape index (κ3) is 2.59. The minimum Gasteiger partial charge on any atom is -0.316 e. The van der Waals surface area contributed by atoms with Crippen molar-refractivity contribution in [2.75, 3.05) is 13.1 Å². The van der Waals surface area contributed by atoms with Crippen molar-refractivity contribution in [1.29, 1.82) is 0 Å². The maximum absolute atomic E-state index is 4.86. The Hall–Kier alpha value is -1.74. The lowest BCUT2D eigenvalue weighted by atomic mass is 10.00. The van der Waals surface area contributed by atoms with E-state index in [2.05, 4.69) is 43.4 Å². The van der Waals surface area contributed by atoms with E-state index in [0.717, 1.165) is 37.4 Å². The van der Waals surface area contributed by atoms with Crippen molar-refractivity contribution < 1.29 is 0 Å². The first-order chi connectivity index (χ1) is 9.75. The summed E-state index contributed by atoms with van der Waals surface area (Å²) in [6.45, 7) is 6.34. The summed E-state index contributed by atoms with van der Waals surface area (Å²) in [6, 6.07) is 10.5. The second kappa shape index (κ2) is 5.71. The van der Waals surface area contributed by atoms with Crippen LogP contribution in [0, 0.1) is 0 Å². The summed E-state index contributed by atoms with van der Waals surface area (Å²) in [4.78, 5) is 9.67. The lowest BCUT2D eigenvalue weighted by molar-refractivity contribution is 0.705. The summed E-state index contributed by atoms with van der Waals surface area (Å²) in [6.07, 6.45) is 2.01. The minimum absolute atomic E-state index is 0.360. The van der Waals surface area contributed by atoms with Gasteiger partial charge < -0.3 is 5.32 Å². The molecular formula is C17H21N3. The highest BCUT2D eigenvalue weighted by Crippen LogP contribution is 2.27. The molecule has 0 radical (unpaired) electrons. The maximum Gasteiger partial charge on any atom is 0.131 e. The fraction of sp³-hybridized carbons (Fsp3) is 0.412. The van der Waals surface area contributed by atoms with Gasteiger partial charge in [-0.15, -0.1) is 0 Å². The third-order valence-corrected chi connectivity index (χ3v) is 3.76. The highest BCUT2D eigenvalue weighted by Gasteiger charge is 2.18. The molecule has 0 amide bonds. The van der Waals surface area contributed by atoms with Crippen LogP contribution < -0.4 is 5.32 Å². The maximum atomic E-state index is 4.86. The molecule has 2 heterocycles. The Balaban J connectivity index is 2.18. The molecule has 0 saturated heterocycles. The van der Waals surface area contributed by atoms with Gasteiger partial charge in [0.15, 0.2) is 0 Å². The lowest BCUT2D eigenvalue weighted by Crippen LogP contribution is -2.16. The second-order valence-electron chi connectivity index (χ2n) is 5.63. The molecule has 1 aromatic carbocycles. The topological polar surface area (TPSA) is 37.8 Å². The first-order valence-corrected chi connectivity index (χ1v) is 7.41. The van der Waals surface area contributed by atoms with Crippen molar-refractivity contribution in [2.45, 2.75) is 32.6 Å². The van der Waals surface area contributed by atoms with Gasteiger partial charge in [-0.25, -0.2) is 9.97 Å². The van der Waals surface area contributed by atoms with Crippen molar-refractivity contribution in [3.05, 3.63) is 47.4 Å². The molecule has 1 aliphatic heterocycles. The van der Waals surface area contributed by atoms with E-state index in [9.17, 15) is 0 Å². The van der Waals surface area contributed by atoms with Gasteiger partial charge in [-0.2, -0.15) is 0 Å². The van der Waals surface area contributed by atoms with Gasteiger partial charge >= 0.3 is 0 Å². The largest absolute Gasteiger partial charge is 0.316 e. The molecule has 3 heteroatoms. The summed E-state index contributed by atoms with van der Waals surface area (Å²) >= 11 is 0. The highest BCUT2D eigenvalue weighted by molar-refractivity contribution is 5.64. The molecule has 1 N–H and O–H groups in total. The minimum atomic E-state index is 0.360. The van der Waals surface area contributed by atoms with Gasteiger partial charge in [0, 0.05) is 35.7 Å². The van der Waals surface area contributed by atoms with Crippen LogP contribution in [0.25, 0.3) is 11.3 Å². The van der Waals surface area contributed by atoms with Crippen LogP contribution in [0.3, 0.4) is 0 Å². The van der Waals surface area contributed by atoms with Crippen LogP contribution >= 0.6 is 0 Å². The number of aromatic nitrogens is 2. The molecule has 0 saturated carbocycles. The molecule has 0 aliphatic carbocycles. The lowest BCUT2D eigenvalue weighted by Gasteiger charge is -2.15. The van der Waals surface area contributed by atoms with Crippen molar-refractivity contribution in [3.8, 4) is 11.3 Å². The summed E-state index contributed by atoms with van der Waals surface area (Å²) in [7, 11) is 0. The van der Waals surface area contributed by atoms with Crippen molar-refractivity contribution in [2.24, 2.45) is 0 Å². The number of rotatable bonds is 2. The van der Waals surface area contributed by atoms with E-state index in [1.807, 2.05) is 6.07 Å². The van der Waals surface area contributed by atoms with Gasteiger partial charge in [0.2, 0.25) is 0 Å². The van der Waals surface area contributed by atoms with E-state index in [-0.39, 0.29) is 0 Å². The van der Waals surface area contributed by atoms with E-state index in [0.29, 0.717) is 5.92 Å². The standard InChI is InChI=1S/C17H21N3/c1-12(2)17-19-15-9-11-18-10-8-14(15)16(20-17)13-6-4-3-5-7-13/h3-7,12,18H,8-11H2,1-2H3. The summed E-state index contributed by atoms with van der Waals surface area (Å²) in [5.74, 6) is 1.32. The number of nitrogens with one attached hydrogen (secondary N) is 1. The quantitative estimate of drug-likeness (QED) is 0.909. The zero-order valence-corrected chi connectivity index (χ0v) is 12.2. The van der Waals surface area contributed by atoms with Crippen LogP contribution in [0.5, 0.6) is 0 Å². The molecule has 0 unspecified atom stereocenters. The molecule has 1 aromatic heterocycles. The third-order valence-electron chi connectivity index (χ3n) is 3.76. The summed E-state index contributed by atoms with van der Waals surface area (Å²) in [5.41, 5.74) is 4.89. The Morgan fingerprint density at radius 3 is 2.50 bits per heavy atom. The van der Waals surface area contributed by atoms with Gasteiger partial charge in [0.05, 0.1) is 5.69 Å². The SMILES string of the molecule is CC(C)c1nc2c(c(-c3ccccc3)n1)CCNCC2. The van der Waals surface area contributed by atoms with Crippen LogP contribution in [-0.2, 0) is 12.8 Å². The van der Waals surface area contributed by atoms with Gasteiger partial charge in [-0.3, -0.25) is 0 Å². The number of fused-ring (bicyclic) bond motifs is 1. The summed E-state index contributed by atoms with van der Waals surface area (Å²) < 4.78 is 0. The van der Waals surface area contributed by atoms with Crippen LogP contribution in [0.4, 0.5) is 0 Å². The van der Waals surface area contributed by atoms with Crippen molar-refractivity contribution in [1.82, 2.24) is 15.3 Å². The fourth-order valence-electron chi connectivity index (χ4n) is 2.66. The van der Waals surface area contributed by atoms with Gasteiger partial charge in [-0.1, -0.05) is 44.2 Å². The second-order valence-corrected chi connectivity index (χ2v) is 5.63. The normalized spacial score (nSPS) is 14.9. The van der Waals surface area contributed by atoms with E-state index in [1.54, 1.807) is 0 Å². The Morgan fingerprint density at radius 1 is 1.00 bits per heavy atom. The zero-order valence-electron chi connectivity index (χ0n) is 12.2. The molecule has 104 valence electrons. The average Bonchev–Trinajstić information content (AvgIpc) is 2.72. The number of hydrogen-bond acceptors (Lipinski definition) is 3. The predicted octanol–water partition coefficient (Wildman–Crippen LogP) is 2.96. The number of nitrogens with zero attached hydrogens (tertiary/aromatic N) is 2. The first-order valence-electron chi connectivity index (χ1n) is 7.41. The Morgan fingerprint density at radius 2 is 1.75 bits per heavy atom. The fourth-order valence-corrected chi connectivity index (χ4v) is 2.66. The van der Waals surface area contributed by atoms with Crippen LogP contribution in [0.1, 0.15) is 36.8 Å². The number of hydrogen-bond donors (Lipinski definition) is 1. The molecule has 3 rings (SSSR count). The van der Waals surface area contributed by atoms with E-state index in [1.165, 1.54) is 16.8 Å². The molecule has 0 fully saturated rings. The average molecular weight is 267 g/mol. The van der Waals surface area contributed by atoms with Gasteiger partial charge in [0.1, 0.15) is 5.82 Å². The first kappa shape index (κ1) is 13.3. The Kier molecular flexibility index (Phi) is 3.79. The highest BCUT2D eigenvalue weighted by atomic mass is 14.9. The summed E-state index contributed by atoms with van der Waals surface area (Å²) in [5, 5.41) is 3.45. The molecular weight excluding hydrogens is 246 g/mol. The van der Waals surface area contributed by atoms with E-state index >= 15 is 0 Å². The Labute approximate surface area is 120 Å². The molecule has 1 aliphatic rings. The molecule has 0 atom stereocenters. The van der Waals surface area contributed by atoms with E-state index in [4.69, 9.17) is 9.97 Å². The molecule has 20 heavy (non-hydrogen) atoms. The van der Waals surface area contributed by atoms with Crippen molar-refractivity contribution >= 4 is 0 Å². The van der Waals surface area contributed by atoms with Crippen LogP contribution in [0.15, 0.2) is 30.3 Å². The smallest absolute Gasteiger partial charge is 0.131 e. The van der Waals surface area contributed by atoms with Crippen molar-refractivity contribution in [3.63, 3.8) is 0 Å². The van der Waals surface area contributed by atoms with Gasteiger partial charge in [-0.05, 0) is 13.0 Å². The Bertz CT molecular complexity index is 591. The van der Waals surface area contributed by atoms with E-state index < -0.39 is 0 Å². The molecule has 0 bridgehead atoms. The molecule has 3 nitrogen and oxygen atoms in total. The van der Waals surface area contributed by atoms with Crippen LogP contribution in [0.2, 0.25) is 0 Å².